The number of nitrogens with zero attached hydrogens (tertiary/aromatic N) is 2. The fourth-order valence-corrected chi connectivity index (χ4v) is 2.08. The Labute approximate surface area is 136 Å². The highest BCUT2D eigenvalue weighted by Crippen LogP contribution is 2.13. The number of aromatic nitrogens is 2. The van der Waals surface area contributed by atoms with E-state index in [0.29, 0.717) is 12.5 Å². The molecule has 0 aliphatic rings. The van der Waals surface area contributed by atoms with E-state index in [1.807, 2.05) is 37.3 Å². The molecule has 0 saturated heterocycles. The molecule has 0 amide bonds. The van der Waals surface area contributed by atoms with E-state index in [9.17, 15) is 0 Å². The highest BCUT2D eigenvalue weighted by Gasteiger charge is 2.02. The summed E-state index contributed by atoms with van der Waals surface area (Å²) in [6.45, 7) is 4.15. The van der Waals surface area contributed by atoms with Gasteiger partial charge in [0, 0.05) is 43.6 Å². The fraction of sp³-hybridized carbons (Fsp3) is 0.375. The summed E-state index contributed by atoms with van der Waals surface area (Å²) < 4.78 is 5.02. The minimum Gasteiger partial charge on any atom is -0.385 e. The van der Waals surface area contributed by atoms with E-state index < -0.39 is 0 Å². The van der Waals surface area contributed by atoms with Gasteiger partial charge in [0.15, 0.2) is 0 Å². The average molecular weight is 321 g/mol. The van der Waals surface area contributed by atoms with E-state index >= 15 is 0 Å². The predicted molar refractivity (Wildman–Crippen MR) is 90.5 cm³/mol. The summed E-state index contributed by atoms with van der Waals surface area (Å²) in [7, 11) is 1.70. The highest BCUT2D eigenvalue weighted by atomic mass is 35.5. The number of methoxy groups -OCH3 is 1. The molecular weight excluding hydrogens is 300 g/mol. The van der Waals surface area contributed by atoms with E-state index in [4.69, 9.17) is 16.3 Å². The lowest BCUT2D eigenvalue weighted by Gasteiger charge is -2.10. The van der Waals surface area contributed by atoms with Crippen LogP contribution in [0.2, 0.25) is 5.02 Å². The summed E-state index contributed by atoms with van der Waals surface area (Å²) in [5.74, 6) is 1.44. The summed E-state index contributed by atoms with van der Waals surface area (Å²) in [6.07, 6.45) is 0.918. The molecule has 22 heavy (non-hydrogen) atoms. The molecule has 1 aromatic carbocycles. The van der Waals surface area contributed by atoms with Crippen molar-refractivity contribution in [2.75, 3.05) is 30.9 Å². The average Bonchev–Trinajstić information content (AvgIpc) is 2.51. The van der Waals surface area contributed by atoms with Crippen molar-refractivity contribution in [3.05, 3.63) is 46.6 Å². The van der Waals surface area contributed by atoms with Gasteiger partial charge in [0.05, 0.1) is 0 Å². The Morgan fingerprint density at radius 3 is 2.64 bits per heavy atom. The number of hydrogen-bond donors (Lipinski definition) is 2. The maximum atomic E-state index is 5.88. The zero-order chi connectivity index (χ0) is 15.8. The molecule has 0 aliphatic carbocycles. The lowest BCUT2D eigenvalue weighted by Crippen LogP contribution is -2.10. The van der Waals surface area contributed by atoms with Crippen LogP contribution in [0.25, 0.3) is 0 Å². The second-order valence-electron chi connectivity index (χ2n) is 4.97. The van der Waals surface area contributed by atoms with E-state index in [1.54, 1.807) is 7.11 Å². The van der Waals surface area contributed by atoms with Crippen LogP contribution < -0.4 is 10.6 Å². The topological polar surface area (TPSA) is 59.1 Å². The largest absolute Gasteiger partial charge is 0.385 e. The van der Waals surface area contributed by atoms with Crippen molar-refractivity contribution in [1.82, 2.24) is 9.97 Å². The number of anilines is 2. The number of aryl methyl sites for hydroxylation is 1. The maximum Gasteiger partial charge on any atom is 0.224 e. The Kier molecular flexibility index (Phi) is 6.43. The Bertz CT molecular complexity index is 589. The van der Waals surface area contributed by atoms with E-state index in [-0.39, 0.29) is 0 Å². The van der Waals surface area contributed by atoms with Gasteiger partial charge in [-0.15, -0.1) is 0 Å². The number of hydrogen-bond acceptors (Lipinski definition) is 5. The van der Waals surface area contributed by atoms with Gasteiger partial charge in [-0.2, -0.15) is 4.98 Å². The van der Waals surface area contributed by atoms with E-state index in [1.165, 1.54) is 0 Å². The molecule has 2 rings (SSSR count). The molecule has 0 aliphatic heterocycles. The van der Waals surface area contributed by atoms with Crippen LogP contribution in [0.5, 0.6) is 0 Å². The number of ether oxygens (including phenoxy) is 1. The Hall–Kier alpha value is -1.85. The normalized spacial score (nSPS) is 10.5. The molecule has 1 heterocycles. The van der Waals surface area contributed by atoms with Gasteiger partial charge in [0.1, 0.15) is 5.82 Å². The van der Waals surface area contributed by atoms with Crippen molar-refractivity contribution in [1.29, 1.82) is 0 Å². The van der Waals surface area contributed by atoms with Crippen LogP contribution in [0.15, 0.2) is 30.3 Å². The van der Waals surface area contributed by atoms with Gasteiger partial charge >= 0.3 is 0 Å². The van der Waals surface area contributed by atoms with Gasteiger partial charge in [-0.25, -0.2) is 4.98 Å². The molecular formula is C16H21ClN4O. The van der Waals surface area contributed by atoms with Crippen LogP contribution in [0, 0.1) is 6.92 Å². The molecule has 1 aromatic heterocycles. The molecule has 0 spiro atoms. The molecule has 0 fully saturated rings. The Balaban J connectivity index is 1.92. The van der Waals surface area contributed by atoms with Crippen molar-refractivity contribution >= 4 is 23.4 Å². The molecule has 118 valence electrons. The van der Waals surface area contributed by atoms with Crippen LogP contribution in [0.1, 0.15) is 17.7 Å². The van der Waals surface area contributed by atoms with E-state index in [0.717, 1.165) is 41.7 Å². The van der Waals surface area contributed by atoms with Gasteiger partial charge in [0.25, 0.3) is 0 Å². The lowest BCUT2D eigenvalue weighted by atomic mass is 10.2. The molecule has 2 aromatic rings. The first-order valence-electron chi connectivity index (χ1n) is 7.24. The second-order valence-corrected chi connectivity index (χ2v) is 5.41. The molecule has 6 heteroatoms. The Morgan fingerprint density at radius 1 is 1.14 bits per heavy atom. The predicted octanol–water partition coefficient (Wildman–Crippen LogP) is 3.50. The molecule has 0 bridgehead atoms. The number of nitrogens with one attached hydrogen (secondary N) is 2. The quantitative estimate of drug-likeness (QED) is 0.729. The second kappa shape index (κ2) is 8.56. The van der Waals surface area contributed by atoms with Gasteiger partial charge in [-0.05, 0) is 31.0 Å². The summed E-state index contributed by atoms with van der Waals surface area (Å²) in [5.41, 5.74) is 2.07. The van der Waals surface area contributed by atoms with Crippen LogP contribution in [0.3, 0.4) is 0 Å². The third-order valence-electron chi connectivity index (χ3n) is 3.05. The molecule has 2 N–H and O–H groups in total. The molecule has 0 saturated carbocycles. The lowest BCUT2D eigenvalue weighted by molar-refractivity contribution is 0.197. The third-order valence-corrected chi connectivity index (χ3v) is 3.30. The number of rotatable bonds is 8. The van der Waals surface area contributed by atoms with Crippen molar-refractivity contribution in [2.24, 2.45) is 0 Å². The highest BCUT2D eigenvalue weighted by molar-refractivity contribution is 6.30. The summed E-state index contributed by atoms with van der Waals surface area (Å²) in [5, 5.41) is 7.25. The fourth-order valence-electron chi connectivity index (χ4n) is 1.95. The summed E-state index contributed by atoms with van der Waals surface area (Å²) in [4.78, 5) is 8.84. The van der Waals surface area contributed by atoms with Gasteiger partial charge in [-0.1, -0.05) is 23.7 Å². The monoisotopic (exact) mass is 320 g/mol. The third kappa shape index (κ3) is 5.50. The molecule has 0 radical (unpaired) electrons. The summed E-state index contributed by atoms with van der Waals surface area (Å²) in [6, 6.07) is 9.68. The first-order chi connectivity index (χ1) is 10.7. The smallest absolute Gasteiger partial charge is 0.224 e. The SMILES string of the molecule is COCCCNc1nc(C)cc(NCc2ccc(Cl)cc2)n1. The van der Waals surface area contributed by atoms with Crippen molar-refractivity contribution < 1.29 is 4.74 Å². The van der Waals surface area contributed by atoms with Crippen LogP contribution >= 0.6 is 11.6 Å². The van der Waals surface area contributed by atoms with Crippen LogP contribution in [-0.2, 0) is 11.3 Å². The zero-order valence-electron chi connectivity index (χ0n) is 12.9. The van der Waals surface area contributed by atoms with Gasteiger partial charge < -0.3 is 15.4 Å². The first-order valence-corrected chi connectivity index (χ1v) is 7.62. The molecule has 0 unspecified atom stereocenters. The number of halogens is 1. The van der Waals surface area contributed by atoms with Crippen LogP contribution in [-0.4, -0.2) is 30.2 Å². The van der Waals surface area contributed by atoms with Crippen molar-refractivity contribution in [3.8, 4) is 0 Å². The minimum absolute atomic E-state index is 0.634. The minimum atomic E-state index is 0.634. The standard InChI is InChI=1S/C16H21ClN4O/c1-12-10-15(19-11-13-4-6-14(17)7-5-13)21-16(20-12)18-8-3-9-22-2/h4-7,10H,3,8-9,11H2,1-2H3,(H2,18,19,20,21). The number of benzene rings is 1. The molecule has 0 atom stereocenters. The van der Waals surface area contributed by atoms with Crippen LogP contribution in [0.4, 0.5) is 11.8 Å². The van der Waals surface area contributed by atoms with Crippen molar-refractivity contribution in [3.63, 3.8) is 0 Å². The van der Waals surface area contributed by atoms with Gasteiger partial charge in [-0.3, -0.25) is 0 Å². The van der Waals surface area contributed by atoms with E-state index in [2.05, 4.69) is 20.6 Å². The summed E-state index contributed by atoms with van der Waals surface area (Å²) >= 11 is 5.88. The first kappa shape index (κ1) is 16.5. The van der Waals surface area contributed by atoms with Crippen molar-refractivity contribution in [2.45, 2.75) is 19.9 Å². The molecule has 5 nitrogen and oxygen atoms in total. The Morgan fingerprint density at radius 2 is 1.91 bits per heavy atom. The van der Waals surface area contributed by atoms with Gasteiger partial charge in [0.2, 0.25) is 5.95 Å². The zero-order valence-corrected chi connectivity index (χ0v) is 13.7. The maximum absolute atomic E-state index is 5.88.